The highest BCUT2D eigenvalue weighted by Crippen LogP contribution is 2.30. The molecule has 3 heterocycles. The smallest absolute Gasteiger partial charge is 0.316 e. The molecule has 2 N–H and O–H groups in total. The topological polar surface area (TPSA) is 111 Å². The third-order valence-corrected chi connectivity index (χ3v) is 5.90. The molecule has 1 amide bonds. The van der Waals surface area contributed by atoms with E-state index < -0.39 is 0 Å². The summed E-state index contributed by atoms with van der Waals surface area (Å²) in [5.41, 5.74) is 1.04. The highest BCUT2D eigenvalue weighted by atomic mass is 35.5. The van der Waals surface area contributed by atoms with E-state index in [4.69, 9.17) is 4.74 Å². The van der Waals surface area contributed by atoms with Crippen LogP contribution in [-0.2, 0) is 21.4 Å². The molecule has 1 fully saturated rings. The summed E-state index contributed by atoms with van der Waals surface area (Å²) < 4.78 is 7.22. The van der Waals surface area contributed by atoms with Gasteiger partial charge in [0.05, 0.1) is 24.5 Å². The standard InChI is InChI=1S/C15H20N6O3S2.ClH/c1-3-24-12(22)8-25-15-20-19-14(26-15)18-13(23)11-6-16-5-10(11)9-4-17-21(2)7-9;/h4,7,10-11,16H,3,5-6,8H2,1-2H3,(H,18,19,23);1H/t10-,11+;/m1./s1. The zero-order valence-electron chi connectivity index (χ0n) is 14.9. The fourth-order valence-corrected chi connectivity index (χ4v) is 4.33. The van der Waals surface area contributed by atoms with Crippen LogP contribution in [0.25, 0.3) is 0 Å². The SMILES string of the molecule is CCOC(=O)CSc1nnc(NC(=O)[C@H]2CNC[C@@H]2c2cnn(C)c2)s1.Cl. The third-order valence-electron chi connectivity index (χ3n) is 3.96. The number of carbonyl (C=O) groups is 2. The van der Waals surface area contributed by atoms with E-state index in [1.807, 2.05) is 13.2 Å². The molecule has 1 aliphatic rings. The van der Waals surface area contributed by atoms with Crippen molar-refractivity contribution in [2.45, 2.75) is 17.2 Å². The molecule has 1 aliphatic heterocycles. The number of hydrogen-bond acceptors (Lipinski definition) is 9. The maximum absolute atomic E-state index is 12.6. The van der Waals surface area contributed by atoms with Gasteiger partial charge in [0.2, 0.25) is 11.0 Å². The summed E-state index contributed by atoms with van der Waals surface area (Å²) in [7, 11) is 1.86. The molecule has 0 unspecified atom stereocenters. The van der Waals surface area contributed by atoms with Crippen molar-refractivity contribution in [2.24, 2.45) is 13.0 Å². The van der Waals surface area contributed by atoms with E-state index >= 15 is 0 Å². The Balaban J connectivity index is 0.00000261. The van der Waals surface area contributed by atoms with Crippen LogP contribution in [0.3, 0.4) is 0 Å². The van der Waals surface area contributed by atoms with Gasteiger partial charge in [-0.05, 0) is 12.5 Å². The zero-order chi connectivity index (χ0) is 18.5. The molecule has 2 aromatic rings. The maximum Gasteiger partial charge on any atom is 0.316 e. The normalized spacial score (nSPS) is 18.7. The number of thioether (sulfide) groups is 1. The summed E-state index contributed by atoms with van der Waals surface area (Å²) in [6.45, 7) is 3.46. The predicted molar refractivity (Wildman–Crippen MR) is 105 cm³/mol. The lowest BCUT2D eigenvalue weighted by Crippen LogP contribution is -2.28. The van der Waals surface area contributed by atoms with Crippen LogP contribution in [0, 0.1) is 5.92 Å². The highest BCUT2D eigenvalue weighted by Gasteiger charge is 2.35. The minimum absolute atomic E-state index is 0. The number of amides is 1. The Morgan fingerprint density at radius 1 is 1.44 bits per heavy atom. The van der Waals surface area contributed by atoms with Crippen LogP contribution in [0.1, 0.15) is 18.4 Å². The molecule has 9 nitrogen and oxygen atoms in total. The Kier molecular flexibility index (Phi) is 8.02. The van der Waals surface area contributed by atoms with Crippen LogP contribution in [0.2, 0.25) is 0 Å². The molecule has 0 aliphatic carbocycles. The summed E-state index contributed by atoms with van der Waals surface area (Å²) in [6.07, 6.45) is 3.74. The quantitative estimate of drug-likeness (QED) is 0.382. The van der Waals surface area contributed by atoms with Crippen molar-refractivity contribution < 1.29 is 14.3 Å². The van der Waals surface area contributed by atoms with Gasteiger partial charge in [-0.2, -0.15) is 5.10 Å². The number of hydrogen-bond donors (Lipinski definition) is 2. The number of ether oxygens (including phenoxy) is 1. The molecular formula is C15H21ClN6O3S2. The summed E-state index contributed by atoms with van der Waals surface area (Å²) >= 11 is 2.49. The fourth-order valence-electron chi connectivity index (χ4n) is 2.78. The number of rotatable bonds is 7. The molecule has 1 saturated heterocycles. The molecule has 0 spiro atoms. The number of esters is 1. The minimum atomic E-state index is -0.297. The fraction of sp³-hybridized carbons (Fsp3) is 0.533. The summed E-state index contributed by atoms with van der Waals surface area (Å²) in [5, 5.41) is 18.7. The Hall–Kier alpha value is -1.69. The first-order valence-electron chi connectivity index (χ1n) is 8.19. The van der Waals surface area contributed by atoms with Crippen LogP contribution in [0.4, 0.5) is 5.13 Å². The molecule has 148 valence electrons. The number of anilines is 1. The summed E-state index contributed by atoms with van der Waals surface area (Å²) in [6, 6.07) is 0. The van der Waals surface area contributed by atoms with E-state index in [1.54, 1.807) is 17.8 Å². The molecular weight excluding hydrogens is 412 g/mol. The second-order valence-electron chi connectivity index (χ2n) is 5.77. The average Bonchev–Trinajstić information content (AvgIpc) is 3.33. The van der Waals surface area contributed by atoms with Crippen molar-refractivity contribution in [3.63, 3.8) is 0 Å². The highest BCUT2D eigenvalue weighted by molar-refractivity contribution is 8.01. The van der Waals surface area contributed by atoms with Crippen molar-refractivity contribution in [1.29, 1.82) is 0 Å². The zero-order valence-corrected chi connectivity index (χ0v) is 17.3. The molecule has 12 heteroatoms. The number of nitrogens with one attached hydrogen (secondary N) is 2. The number of aromatic nitrogens is 4. The second kappa shape index (κ2) is 10.0. The van der Waals surface area contributed by atoms with E-state index in [0.717, 1.165) is 12.1 Å². The molecule has 27 heavy (non-hydrogen) atoms. The van der Waals surface area contributed by atoms with Crippen LogP contribution in [-0.4, -0.2) is 57.3 Å². The predicted octanol–water partition coefficient (Wildman–Crippen LogP) is 1.29. The average molecular weight is 433 g/mol. The van der Waals surface area contributed by atoms with Crippen molar-refractivity contribution in [3.05, 3.63) is 18.0 Å². The minimum Gasteiger partial charge on any atom is -0.465 e. The van der Waals surface area contributed by atoms with Crippen LogP contribution in [0.5, 0.6) is 0 Å². The molecule has 0 saturated carbocycles. The Labute approximate surface area is 171 Å². The van der Waals surface area contributed by atoms with Gasteiger partial charge in [-0.25, -0.2) is 0 Å². The van der Waals surface area contributed by atoms with E-state index in [2.05, 4.69) is 25.9 Å². The lowest BCUT2D eigenvalue weighted by Gasteiger charge is -2.15. The van der Waals surface area contributed by atoms with E-state index in [9.17, 15) is 9.59 Å². The number of carbonyl (C=O) groups excluding carboxylic acids is 2. The Bertz CT molecular complexity index is 783. The lowest BCUT2D eigenvalue weighted by molar-refractivity contribution is -0.139. The second-order valence-corrected chi connectivity index (χ2v) is 7.97. The van der Waals surface area contributed by atoms with Crippen LogP contribution in [0.15, 0.2) is 16.7 Å². The third kappa shape index (κ3) is 5.64. The van der Waals surface area contributed by atoms with Crippen molar-refractivity contribution in [1.82, 2.24) is 25.3 Å². The van der Waals surface area contributed by atoms with Crippen LogP contribution >= 0.6 is 35.5 Å². The van der Waals surface area contributed by atoms with Crippen LogP contribution < -0.4 is 10.6 Å². The van der Waals surface area contributed by atoms with Gasteiger partial charge in [0.25, 0.3) is 0 Å². The Morgan fingerprint density at radius 3 is 2.96 bits per heavy atom. The van der Waals surface area contributed by atoms with Gasteiger partial charge in [-0.15, -0.1) is 22.6 Å². The molecule has 2 aromatic heterocycles. The largest absolute Gasteiger partial charge is 0.465 e. The first-order valence-corrected chi connectivity index (χ1v) is 9.99. The van der Waals surface area contributed by atoms with Gasteiger partial charge >= 0.3 is 5.97 Å². The number of halogens is 1. The Morgan fingerprint density at radius 2 is 2.26 bits per heavy atom. The van der Waals surface area contributed by atoms with Gasteiger partial charge in [-0.3, -0.25) is 14.3 Å². The maximum atomic E-state index is 12.6. The molecule has 0 bridgehead atoms. The lowest BCUT2D eigenvalue weighted by atomic mass is 9.90. The van der Waals surface area contributed by atoms with Gasteiger partial charge in [0.15, 0.2) is 4.34 Å². The number of aryl methyl sites for hydroxylation is 1. The van der Waals surface area contributed by atoms with E-state index in [1.165, 1.54) is 23.1 Å². The van der Waals surface area contributed by atoms with Gasteiger partial charge in [0.1, 0.15) is 0 Å². The van der Waals surface area contributed by atoms with Gasteiger partial charge in [0, 0.05) is 32.3 Å². The van der Waals surface area contributed by atoms with Gasteiger partial charge in [-0.1, -0.05) is 23.1 Å². The van der Waals surface area contributed by atoms with E-state index in [-0.39, 0.29) is 41.9 Å². The summed E-state index contributed by atoms with van der Waals surface area (Å²) in [4.78, 5) is 24.0. The van der Waals surface area contributed by atoms with Crippen molar-refractivity contribution in [2.75, 3.05) is 30.8 Å². The first-order chi connectivity index (χ1) is 12.6. The van der Waals surface area contributed by atoms with Gasteiger partial charge < -0.3 is 15.4 Å². The van der Waals surface area contributed by atoms with Crippen molar-refractivity contribution >= 4 is 52.5 Å². The first kappa shape index (κ1) is 21.6. The summed E-state index contributed by atoms with van der Waals surface area (Å²) in [5.74, 6) is -0.337. The molecule has 2 atom stereocenters. The molecule has 0 radical (unpaired) electrons. The monoisotopic (exact) mass is 432 g/mol. The van der Waals surface area contributed by atoms with Crippen molar-refractivity contribution in [3.8, 4) is 0 Å². The molecule has 3 rings (SSSR count). The van der Waals surface area contributed by atoms with E-state index in [0.29, 0.717) is 22.6 Å². The number of nitrogens with zero attached hydrogens (tertiary/aromatic N) is 4. The molecule has 0 aromatic carbocycles.